The third-order valence-electron chi connectivity index (χ3n) is 9.17. The Bertz CT molecular complexity index is 560. The second kappa shape index (κ2) is 40.7. The molecule has 47 heavy (non-hydrogen) atoms. The van der Waals surface area contributed by atoms with E-state index in [-0.39, 0.29) is 23.1 Å². The zero-order valence-electron chi connectivity index (χ0n) is 32.8. The fourth-order valence-electron chi connectivity index (χ4n) is 5.94. The van der Waals surface area contributed by atoms with Crippen molar-refractivity contribution in [2.75, 3.05) is 67.5 Å². The summed E-state index contributed by atoms with van der Waals surface area (Å²) in [6.07, 6.45) is 38.7. The van der Waals surface area contributed by atoms with Crippen LogP contribution in [0.25, 0.3) is 0 Å². The Balaban J connectivity index is 0. The first-order chi connectivity index (χ1) is 22.5. The second-order valence-electron chi connectivity index (χ2n) is 15.2. The molecule has 0 saturated heterocycles. The van der Waals surface area contributed by atoms with Crippen molar-refractivity contribution < 1.29 is 40.4 Å². The number of unbranched alkanes of at least 4 members (excludes halogenated alkanes) is 26. The minimum atomic E-state index is -0.00406. The van der Waals surface area contributed by atoms with Gasteiger partial charge in [-0.1, -0.05) is 181 Å². The molecule has 0 spiro atoms. The number of quaternary nitrogens is 1. The predicted molar refractivity (Wildman–Crippen MR) is 201 cm³/mol. The highest BCUT2D eigenvalue weighted by atomic mass is 79.9. The molecule has 286 valence electrons. The molecule has 0 amide bonds. The summed E-state index contributed by atoms with van der Waals surface area (Å²) in [4.78, 5) is 0. The molecule has 0 N–H and O–H groups in total. The maximum absolute atomic E-state index is 6.23. The van der Waals surface area contributed by atoms with Crippen LogP contribution in [0.2, 0.25) is 0 Å². The van der Waals surface area contributed by atoms with Crippen molar-refractivity contribution in [3.8, 4) is 0 Å². The standard InChI is InChI=1S/C41H86NO4.BrH/c1-6-8-10-12-14-16-18-20-22-24-26-28-30-32-35-43-38-41(39-45-40-44-37-34-42(3,4)5)46-36-33-31-29-27-25-23-21-19-17-15-13-11-9-7-2;/h41H,6-40H2,1-5H3;1H/q+1;/p-1. The largest absolute Gasteiger partial charge is 1.00 e. The monoisotopic (exact) mass is 736 g/mol. The molecule has 5 nitrogen and oxygen atoms in total. The summed E-state index contributed by atoms with van der Waals surface area (Å²) in [7, 11) is 6.54. The Labute approximate surface area is 306 Å². The molecular weight excluding hydrogens is 650 g/mol. The number of halogens is 1. The van der Waals surface area contributed by atoms with E-state index in [1.807, 2.05) is 0 Å². The fourth-order valence-corrected chi connectivity index (χ4v) is 5.94. The summed E-state index contributed by atoms with van der Waals surface area (Å²) in [5, 5.41) is 0. The van der Waals surface area contributed by atoms with Crippen LogP contribution in [0.5, 0.6) is 0 Å². The van der Waals surface area contributed by atoms with Gasteiger partial charge >= 0.3 is 0 Å². The first kappa shape index (κ1) is 49.4. The van der Waals surface area contributed by atoms with Crippen LogP contribution in [0, 0.1) is 0 Å². The van der Waals surface area contributed by atoms with Gasteiger partial charge in [0.15, 0.2) is 0 Å². The molecule has 1 unspecified atom stereocenters. The van der Waals surface area contributed by atoms with Gasteiger partial charge < -0.3 is 40.4 Å². The lowest BCUT2D eigenvalue weighted by atomic mass is 10.0. The molecule has 0 fully saturated rings. The average Bonchev–Trinajstić information content (AvgIpc) is 3.03. The van der Waals surface area contributed by atoms with E-state index >= 15 is 0 Å². The van der Waals surface area contributed by atoms with Gasteiger partial charge in [0.25, 0.3) is 0 Å². The predicted octanol–water partition coefficient (Wildman–Crippen LogP) is 9.05. The van der Waals surface area contributed by atoms with Gasteiger partial charge in [-0.15, -0.1) is 0 Å². The summed E-state index contributed by atoms with van der Waals surface area (Å²) in [5.74, 6) is 0. The minimum Gasteiger partial charge on any atom is -1.00 e. The van der Waals surface area contributed by atoms with Crippen LogP contribution in [-0.2, 0) is 18.9 Å². The summed E-state index contributed by atoms with van der Waals surface area (Å²) >= 11 is 0. The number of nitrogens with zero attached hydrogens (tertiary/aromatic N) is 1. The van der Waals surface area contributed by atoms with Gasteiger partial charge in [0, 0.05) is 13.2 Å². The van der Waals surface area contributed by atoms with Gasteiger partial charge in [0.05, 0.1) is 41.0 Å². The highest BCUT2D eigenvalue weighted by Gasteiger charge is 2.11. The van der Waals surface area contributed by atoms with Crippen molar-refractivity contribution >= 4 is 0 Å². The average molecular weight is 737 g/mol. The molecule has 6 heteroatoms. The highest BCUT2D eigenvalue weighted by Crippen LogP contribution is 2.14. The first-order valence-corrected chi connectivity index (χ1v) is 20.6. The highest BCUT2D eigenvalue weighted by molar-refractivity contribution is 4.57. The fraction of sp³-hybridized carbons (Fsp3) is 1.00. The molecule has 0 bridgehead atoms. The Morgan fingerprint density at radius 2 is 0.723 bits per heavy atom. The van der Waals surface area contributed by atoms with Gasteiger partial charge in [-0.2, -0.15) is 0 Å². The third-order valence-corrected chi connectivity index (χ3v) is 9.17. The molecule has 0 saturated carbocycles. The molecule has 0 heterocycles. The smallest absolute Gasteiger partial charge is 0.147 e. The molecule has 0 aliphatic heterocycles. The lowest BCUT2D eigenvalue weighted by Crippen LogP contribution is -3.00. The number of rotatable bonds is 40. The zero-order chi connectivity index (χ0) is 33.7. The van der Waals surface area contributed by atoms with Crippen LogP contribution in [0.3, 0.4) is 0 Å². The molecule has 0 aromatic heterocycles. The van der Waals surface area contributed by atoms with E-state index in [1.54, 1.807) is 0 Å². The van der Waals surface area contributed by atoms with E-state index in [0.717, 1.165) is 37.1 Å². The molecule has 0 aliphatic carbocycles. The van der Waals surface area contributed by atoms with E-state index in [2.05, 4.69) is 35.0 Å². The maximum atomic E-state index is 6.23. The molecule has 0 aromatic rings. The Kier molecular flexibility index (Phi) is 42.8. The van der Waals surface area contributed by atoms with Crippen LogP contribution in [0.15, 0.2) is 0 Å². The molecule has 0 rings (SSSR count). The molecular formula is C41H86BrNO4. The number of likely N-dealkylation sites (N-methyl/N-ethyl adjacent to an activating group) is 1. The van der Waals surface area contributed by atoms with Gasteiger partial charge in [-0.3, -0.25) is 0 Å². The Hall–Kier alpha value is 0.280. The number of hydrogen-bond acceptors (Lipinski definition) is 4. The van der Waals surface area contributed by atoms with Gasteiger partial charge in [-0.05, 0) is 12.8 Å². The first-order valence-electron chi connectivity index (χ1n) is 20.6. The van der Waals surface area contributed by atoms with Gasteiger partial charge in [-0.25, -0.2) is 0 Å². The van der Waals surface area contributed by atoms with Crippen LogP contribution in [0.4, 0.5) is 0 Å². The SMILES string of the molecule is CCCCCCCCCCCCCCCCOCC(COCOCC[N+](C)(C)C)OCCCCCCCCCCCCCCCC.[Br-]. The van der Waals surface area contributed by atoms with E-state index in [4.69, 9.17) is 18.9 Å². The van der Waals surface area contributed by atoms with Crippen molar-refractivity contribution in [1.82, 2.24) is 0 Å². The lowest BCUT2D eigenvalue weighted by molar-refractivity contribution is -0.870. The molecule has 0 aliphatic rings. The third kappa shape index (κ3) is 44.3. The number of hydrogen-bond donors (Lipinski definition) is 0. The van der Waals surface area contributed by atoms with Crippen molar-refractivity contribution in [3.63, 3.8) is 0 Å². The van der Waals surface area contributed by atoms with Crippen molar-refractivity contribution in [3.05, 3.63) is 0 Å². The topological polar surface area (TPSA) is 36.9 Å². The van der Waals surface area contributed by atoms with Crippen molar-refractivity contribution in [1.29, 1.82) is 0 Å². The Morgan fingerprint density at radius 3 is 1.11 bits per heavy atom. The summed E-state index contributed by atoms with van der Waals surface area (Å²) in [6, 6.07) is 0. The second-order valence-corrected chi connectivity index (χ2v) is 15.2. The van der Waals surface area contributed by atoms with E-state index < -0.39 is 0 Å². The quantitative estimate of drug-likeness (QED) is 0.0358. The van der Waals surface area contributed by atoms with Gasteiger partial charge in [0.2, 0.25) is 0 Å². The van der Waals surface area contributed by atoms with Crippen LogP contribution < -0.4 is 17.0 Å². The van der Waals surface area contributed by atoms with Crippen LogP contribution >= 0.6 is 0 Å². The van der Waals surface area contributed by atoms with Crippen LogP contribution in [-0.4, -0.2) is 78.1 Å². The van der Waals surface area contributed by atoms with E-state index in [0.29, 0.717) is 26.6 Å². The number of ether oxygens (including phenoxy) is 4. The van der Waals surface area contributed by atoms with Crippen LogP contribution in [0.1, 0.15) is 194 Å². The molecule has 0 radical (unpaired) electrons. The van der Waals surface area contributed by atoms with Crippen molar-refractivity contribution in [2.24, 2.45) is 0 Å². The normalized spacial score (nSPS) is 12.4. The molecule has 1 atom stereocenters. The van der Waals surface area contributed by atoms with E-state index in [9.17, 15) is 0 Å². The van der Waals surface area contributed by atoms with Gasteiger partial charge in [0.1, 0.15) is 19.4 Å². The lowest BCUT2D eigenvalue weighted by Gasteiger charge is -2.23. The minimum absolute atomic E-state index is 0. The maximum Gasteiger partial charge on any atom is 0.147 e. The van der Waals surface area contributed by atoms with E-state index in [1.165, 1.54) is 167 Å². The summed E-state index contributed by atoms with van der Waals surface area (Å²) in [5.41, 5.74) is 0. The molecule has 0 aromatic carbocycles. The Morgan fingerprint density at radius 1 is 0.383 bits per heavy atom. The van der Waals surface area contributed by atoms with Crippen molar-refractivity contribution in [2.45, 2.75) is 200 Å². The summed E-state index contributed by atoms with van der Waals surface area (Å²) in [6.45, 7) is 9.41. The summed E-state index contributed by atoms with van der Waals surface area (Å²) < 4.78 is 24.7. The zero-order valence-corrected chi connectivity index (χ0v) is 34.4.